The molecular weight excluding hydrogens is 294 g/mol. The van der Waals surface area contributed by atoms with Crippen LogP contribution in [0, 0.1) is 0 Å². The first-order chi connectivity index (χ1) is 8.81. The number of carbonyl (C=O) groups excluding carboxylic acids is 1. The first-order valence-corrected chi connectivity index (χ1v) is 7.04. The van der Waals surface area contributed by atoms with Crippen molar-refractivity contribution in [3.8, 4) is 5.75 Å². The lowest BCUT2D eigenvalue weighted by atomic mass is 10.3. The SMILES string of the molecule is COc1ccc(Cl)cc1S(=O)(=O)N[C@H](C)C(=O)NN. The molecule has 106 valence electrons. The Balaban J connectivity index is 3.13. The number of hydrogen-bond acceptors (Lipinski definition) is 5. The van der Waals surface area contributed by atoms with Crippen LogP contribution in [0.5, 0.6) is 5.75 Å². The Hall–Kier alpha value is -1.35. The van der Waals surface area contributed by atoms with Crippen molar-refractivity contribution >= 4 is 27.5 Å². The molecule has 0 aliphatic carbocycles. The summed E-state index contributed by atoms with van der Waals surface area (Å²) in [5.41, 5.74) is 1.86. The molecule has 1 atom stereocenters. The van der Waals surface area contributed by atoms with Gasteiger partial charge in [-0.2, -0.15) is 4.72 Å². The zero-order chi connectivity index (χ0) is 14.6. The highest BCUT2D eigenvalue weighted by Crippen LogP contribution is 2.26. The largest absolute Gasteiger partial charge is 0.495 e. The standard InChI is InChI=1S/C10H14ClN3O4S/c1-6(10(15)13-12)14-19(16,17)9-5-7(11)3-4-8(9)18-2/h3-6,14H,12H2,1-2H3,(H,13,15)/t6-/m1/s1. The van der Waals surface area contributed by atoms with E-state index in [1.54, 1.807) is 0 Å². The molecule has 0 spiro atoms. The molecular formula is C10H14ClN3O4S. The number of sulfonamides is 1. The van der Waals surface area contributed by atoms with Crippen LogP contribution in [-0.4, -0.2) is 27.5 Å². The summed E-state index contributed by atoms with van der Waals surface area (Å²) in [6, 6.07) is 3.12. The Labute approximate surface area is 116 Å². The number of hydrazine groups is 1. The van der Waals surface area contributed by atoms with Gasteiger partial charge in [0.2, 0.25) is 10.0 Å². The number of ether oxygens (including phenoxy) is 1. The summed E-state index contributed by atoms with van der Waals surface area (Å²) < 4.78 is 31.4. The van der Waals surface area contributed by atoms with E-state index in [0.29, 0.717) is 0 Å². The number of halogens is 1. The van der Waals surface area contributed by atoms with Gasteiger partial charge >= 0.3 is 0 Å². The van der Waals surface area contributed by atoms with Gasteiger partial charge in [0, 0.05) is 5.02 Å². The van der Waals surface area contributed by atoms with E-state index in [0.717, 1.165) is 0 Å². The van der Waals surface area contributed by atoms with Crippen molar-refractivity contribution < 1.29 is 17.9 Å². The fourth-order valence-corrected chi connectivity index (χ4v) is 2.97. The van der Waals surface area contributed by atoms with Crippen LogP contribution in [0.15, 0.2) is 23.1 Å². The third-order valence-electron chi connectivity index (χ3n) is 2.28. The van der Waals surface area contributed by atoms with Crippen molar-refractivity contribution in [3.05, 3.63) is 23.2 Å². The average molecular weight is 308 g/mol. The van der Waals surface area contributed by atoms with E-state index in [1.807, 2.05) is 5.43 Å². The zero-order valence-electron chi connectivity index (χ0n) is 10.3. The second-order valence-electron chi connectivity index (χ2n) is 3.65. The van der Waals surface area contributed by atoms with Crippen LogP contribution in [0.4, 0.5) is 0 Å². The molecule has 4 N–H and O–H groups in total. The number of nitrogens with two attached hydrogens (primary N) is 1. The van der Waals surface area contributed by atoms with Crippen molar-refractivity contribution in [2.75, 3.05) is 7.11 Å². The summed E-state index contributed by atoms with van der Waals surface area (Å²) in [4.78, 5) is 11.1. The first-order valence-electron chi connectivity index (χ1n) is 5.18. The van der Waals surface area contributed by atoms with Gasteiger partial charge in [-0.05, 0) is 25.1 Å². The molecule has 0 radical (unpaired) electrons. The molecule has 0 unspecified atom stereocenters. The normalized spacial score (nSPS) is 12.8. The number of rotatable bonds is 5. The number of amides is 1. The highest BCUT2D eigenvalue weighted by atomic mass is 35.5. The third kappa shape index (κ3) is 3.80. The molecule has 0 aromatic heterocycles. The molecule has 0 bridgehead atoms. The Morgan fingerprint density at radius 2 is 2.11 bits per heavy atom. The molecule has 1 aromatic carbocycles. The molecule has 19 heavy (non-hydrogen) atoms. The fourth-order valence-electron chi connectivity index (χ4n) is 1.34. The average Bonchev–Trinajstić information content (AvgIpc) is 2.37. The van der Waals surface area contributed by atoms with Crippen molar-refractivity contribution in [1.82, 2.24) is 10.1 Å². The number of benzene rings is 1. The smallest absolute Gasteiger partial charge is 0.251 e. The minimum Gasteiger partial charge on any atom is -0.495 e. The maximum Gasteiger partial charge on any atom is 0.251 e. The van der Waals surface area contributed by atoms with Crippen LogP contribution in [-0.2, 0) is 14.8 Å². The van der Waals surface area contributed by atoms with Gasteiger partial charge in [-0.1, -0.05) is 11.6 Å². The fraction of sp³-hybridized carbons (Fsp3) is 0.300. The van der Waals surface area contributed by atoms with Crippen molar-refractivity contribution in [2.24, 2.45) is 5.84 Å². The lowest BCUT2D eigenvalue weighted by Crippen LogP contribution is -2.47. The highest BCUT2D eigenvalue weighted by Gasteiger charge is 2.24. The van der Waals surface area contributed by atoms with Crippen LogP contribution in [0.3, 0.4) is 0 Å². The van der Waals surface area contributed by atoms with E-state index in [1.165, 1.54) is 32.2 Å². The van der Waals surface area contributed by atoms with E-state index >= 15 is 0 Å². The van der Waals surface area contributed by atoms with E-state index in [4.69, 9.17) is 22.2 Å². The summed E-state index contributed by atoms with van der Waals surface area (Å²) in [6.45, 7) is 1.36. The van der Waals surface area contributed by atoms with Crippen molar-refractivity contribution in [1.29, 1.82) is 0 Å². The van der Waals surface area contributed by atoms with Gasteiger partial charge in [-0.25, -0.2) is 14.3 Å². The third-order valence-corrected chi connectivity index (χ3v) is 4.08. The summed E-state index contributed by atoms with van der Waals surface area (Å²) in [6.07, 6.45) is 0. The Kier molecular flexibility index (Phi) is 5.12. The molecule has 0 heterocycles. The summed E-state index contributed by atoms with van der Waals surface area (Å²) in [7, 11) is -2.62. The number of hydrogen-bond donors (Lipinski definition) is 3. The van der Waals surface area contributed by atoms with Crippen LogP contribution < -0.4 is 20.7 Å². The number of methoxy groups -OCH3 is 1. The van der Waals surface area contributed by atoms with Gasteiger partial charge in [0.05, 0.1) is 13.2 Å². The van der Waals surface area contributed by atoms with Crippen molar-refractivity contribution in [3.63, 3.8) is 0 Å². The molecule has 0 fully saturated rings. The van der Waals surface area contributed by atoms with Crippen LogP contribution in [0.25, 0.3) is 0 Å². The van der Waals surface area contributed by atoms with Gasteiger partial charge in [0.25, 0.3) is 5.91 Å². The monoisotopic (exact) mass is 307 g/mol. The van der Waals surface area contributed by atoms with Crippen LogP contribution in [0.2, 0.25) is 5.02 Å². The van der Waals surface area contributed by atoms with E-state index in [9.17, 15) is 13.2 Å². The number of nitrogens with one attached hydrogen (secondary N) is 2. The van der Waals surface area contributed by atoms with Gasteiger partial charge in [-0.3, -0.25) is 10.2 Å². The lowest BCUT2D eigenvalue weighted by molar-refractivity contribution is -0.122. The Morgan fingerprint density at radius 3 is 2.63 bits per heavy atom. The Morgan fingerprint density at radius 1 is 1.47 bits per heavy atom. The van der Waals surface area contributed by atoms with E-state index in [2.05, 4.69) is 4.72 Å². The lowest BCUT2D eigenvalue weighted by Gasteiger charge is -2.14. The molecule has 0 aliphatic heterocycles. The molecule has 0 aliphatic rings. The topological polar surface area (TPSA) is 111 Å². The van der Waals surface area contributed by atoms with Crippen LogP contribution in [0.1, 0.15) is 6.92 Å². The van der Waals surface area contributed by atoms with Gasteiger partial charge in [0.15, 0.2) is 0 Å². The van der Waals surface area contributed by atoms with Crippen LogP contribution >= 0.6 is 11.6 Å². The van der Waals surface area contributed by atoms with Gasteiger partial charge in [0.1, 0.15) is 10.6 Å². The van der Waals surface area contributed by atoms with E-state index < -0.39 is 22.0 Å². The van der Waals surface area contributed by atoms with Gasteiger partial charge in [-0.15, -0.1) is 0 Å². The maximum atomic E-state index is 12.1. The second kappa shape index (κ2) is 6.20. The predicted octanol–water partition coefficient (Wildman–Crippen LogP) is 0.00530. The molecule has 0 saturated heterocycles. The molecule has 1 aromatic rings. The number of carbonyl (C=O) groups is 1. The van der Waals surface area contributed by atoms with Gasteiger partial charge < -0.3 is 4.74 Å². The molecule has 1 rings (SSSR count). The molecule has 7 nitrogen and oxygen atoms in total. The van der Waals surface area contributed by atoms with Crippen molar-refractivity contribution in [2.45, 2.75) is 17.9 Å². The minimum absolute atomic E-state index is 0.122. The summed E-state index contributed by atoms with van der Waals surface area (Å²) >= 11 is 5.76. The quantitative estimate of drug-likeness (QED) is 0.403. The second-order valence-corrected chi connectivity index (χ2v) is 5.77. The molecule has 9 heteroatoms. The predicted molar refractivity (Wildman–Crippen MR) is 70.1 cm³/mol. The highest BCUT2D eigenvalue weighted by molar-refractivity contribution is 7.89. The minimum atomic E-state index is -3.96. The summed E-state index contributed by atoms with van der Waals surface area (Å²) in [5.74, 6) is 4.39. The first kappa shape index (κ1) is 15.7. The zero-order valence-corrected chi connectivity index (χ0v) is 11.9. The summed E-state index contributed by atoms with van der Waals surface area (Å²) in [5, 5.41) is 0.233. The molecule has 0 saturated carbocycles. The molecule has 1 amide bonds. The Bertz CT molecular complexity index is 576. The maximum absolute atomic E-state index is 12.1. The van der Waals surface area contributed by atoms with E-state index in [-0.39, 0.29) is 15.7 Å².